The highest BCUT2D eigenvalue weighted by Crippen LogP contribution is 2.44. The van der Waals surface area contributed by atoms with E-state index in [9.17, 15) is 37.1 Å². The average Bonchev–Trinajstić information content (AvgIpc) is 3.75. The van der Waals surface area contributed by atoms with Gasteiger partial charge in [-0.1, -0.05) is 64.1 Å². The van der Waals surface area contributed by atoms with Crippen LogP contribution in [-0.4, -0.2) is 172 Å². The van der Waals surface area contributed by atoms with Gasteiger partial charge in [0.05, 0.1) is 24.1 Å². The summed E-state index contributed by atoms with van der Waals surface area (Å²) in [6, 6.07) is 14.0. The largest absolute Gasteiger partial charge is 0.464 e. The third kappa shape index (κ3) is 12.6. The van der Waals surface area contributed by atoms with Gasteiger partial charge in [0.2, 0.25) is 11.8 Å². The molecule has 3 fully saturated rings. The van der Waals surface area contributed by atoms with Crippen LogP contribution in [0.1, 0.15) is 83.2 Å². The number of carbonyl (C=O) groups excluding carboxylic acids is 5. The van der Waals surface area contributed by atoms with Crippen molar-refractivity contribution in [3.05, 3.63) is 89.8 Å². The number of pyridine rings is 1. The number of carbonyl (C=O) groups is 5. The second-order valence-electron chi connectivity index (χ2n) is 23.4. The molecule has 6 heterocycles. The number of esters is 1. The number of ether oxygens (including phenoxy) is 2. The van der Waals surface area contributed by atoms with Crippen molar-refractivity contribution in [3.8, 4) is 22.4 Å². The topological polar surface area (TPSA) is 162 Å². The predicted octanol–water partition coefficient (Wildman–Crippen LogP) is 6.10. The summed E-state index contributed by atoms with van der Waals surface area (Å²) in [6.45, 7) is 11.1. The molecule has 0 aliphatic carbocycles. The van der Waals surface area contributed by atoms with Gasteiger partial charge in [-0.2, -0.15) is 13.2 Å². The van der Waals surface area contributed by atoms with Crippen LogP contribution in [0.5, 0.6) is 0 Å². The fourth-order valence-electron chi connectivity index (χ4n) is 11.7. The van der Waals surface area contributed by atoms with Crippen molar-refractivity contribution in [2.45, 2.75) is 109 Å². The number of nitrogens with one attached hydrogen (secondary N) is 2. The zero-order valence-corrected chi connectivity index (χ0v) is 48.3. The van der Waals surface area contributed by atoms with E-state index in [0.29, 0.717) is 90.1 Å². The molecule has 0 radical (unpaired) electrons. The summed E-state index contributed by atoms with van der Waals surface area (Å²) >= 11 is 0. The lowest BCUT2D eigenvalue weighted by Gasteiger charge is -2.54. The number of benzene rings is 2. The minimum absolute atomic E-state index is 0.0133. The number of fused-ring (bicyclic) bond motifs is 6. The van der Waals surface area contributed by atoms with Gasteiger partial charge in [-0.05, 0) is 106 Å². The number of amides is 5. The van der Waals surface area contributed by atoms with E-state index in [1.165, 1.54) is 21.6 Å². The fourth-order valence-corrected chi connectivity index (χ4v) is 12.4. The maximum atomic E-state index is 15.0. The Morgan fingerprint density at radius 2 is 1.69 bits per heavy atom. The Morgan fingerprint density at radius 1 is 0.974 bits per heavy atom. The lowest BCUT2D eigenvalue weighted by atomic mass is 9.72. The van der Waals surface area contributed by atoms with Gasteiger partial charge in [0.15, 0.2) is 0 Å². The highest BCUT2D eigenvalue weighted by atomic mass is 28.1. The Kier molecular flexibility index (Phi) is 16.8. The number of methoxy groups -OCH3 is 1. The van der Waals surface area contributed by atoms with Gasteiger partial charge in [0, 0.05) is 110 Å². The van der Waals surface area contributed by atoms with Crippen molar-refractivity contribution in [1.29, 1.82) is 0 Å². The maximum Gasteiger partial charge on any atom is 0.406 e. The zero-order chi connectivity index (χ0) is 55.8. The van der Waals surface area contributed by atoms with Crippen LogP contribution < -0.4 is 10.7 Å². The van der Waals surface area contributed by atoms with Crippen LogP contribution in [0.2, 0.25) is 0 Å². The third-order valence-electron chi connectivity index (χ3n) is 15.9. The second-order valence-corrected chi connectivity index (χ2v) is 25.1. The molecule has 20 heteroatoms. The van der Waals surface area contributed by atoms with Gasteiger partial charge in [0.1, 0.15) is 23.8 Å². The number of rotatable bonds is 11. The Morgan fingerprint density at radius 3 is 2.36 bits per heavy atom. The minimum atomic E-state index is -4.59. The average molecular weight is 1080 g/mol. The molecular formula is C57H76F3N9O7Si. The number of hydrogen-bond donors (Lipinski definition) is 2. The number of aromatic nitrogens is 2. The zero-order valence-electron chi connectivity index (χ0n) is 46.3. The summed E-state index contributed by atoms with van der Waals surface area (Å²) in [5, 5.41) is 3.85. The smallest absolute Gasteiger partial charge is 0.406 e. The van der Waals surface area contributed by atoms with Crippen molar-refractivity contribution in [2.75, 3.05) is 74.1 Å². The highest BCUT2D eigenvalue weighted by Gasteiger charge is 2.48. The molecule has 1 spiro atoms. The van der Waals surface area contributed by atoms with E-state index in [4.69, 9.17) is 9.47 Å². The lowest BCUT2D eigenvalue weighted by Crippen LogP contribution is -2.68. The van der Waals surface area contributed by atoms with E-state index in [1.807, 2.05) is 88.0 Å². The van der Waals surface area contributed by atoms with E-state index in [1.54, 1.807) is 55.4 Å². The number of nitrogens with zero attached hydrogens (tertiary/aromatic N) is 7. The minimum Gasteiger partial charge on any atom is -0.464 e. The molecule has 0 saturated carbocycles. The Bertz CT molecular complexity index is 2890. The molecule has 77 heavy (non-hydrogen) atoms. The molecule has 8 rings (SSSR count). The Labute approximate surface area is 453 Å². The quantitative estimate of drug-likeness (QED) is 0.102. The Hall–Kier alpha value is -6.09. The number of alkyl halides is 3. The summed E-state index contributed by atoms with van der Waals surface area (Å²) < 4.78 is 57.6. The highest BCUT2D eigenvalue weighted by molar-refractivity contribution is 6.27. The van der Waals surface area contributed by atoms with Crippen LogP contribution in [-0.2, 0) is 48.0 Å². The molecule has 4 atom stereocenters. The number of hydrazine groups is 1. The van der Waals surface area contributed by atoms with Crippen LogP contribution >= 0.6 is 0 Å². The van der Waals surface area contributed by atoms with E-state index >= 15 is 0 Å². The molecule has 4 aliphatic heterocycles. The molecule has 5 amide bonds. The van der Waals surface area contributed by atoms with Crippen LogP contribution in [0, 0.1) is 16.7 Å². The molecule has 6 bridgehead atoms. The number of piperidine rings is 1. The first-order valence-electron chi connectivity index (χ1n) is 26.8. The summed E-state index contributed by atoms with van der Waals surface area (Å²) in [5.74, 6) is -1.89. The molecule has 3 saturated heterocycles. The van der Waals surface area contributed by atoms with Crippen LogP contribution in [0.4, 0.5) is 18.0 Å². The maximum absolute atomic E-state index is 15.0. The van der Waals surface area contributed by atoms with Crippen LogP contribution in [0.3, 0.4) is 0 Å². The van der Waals surface area contributed by atoms with Gasteiger partial charge < -0.3 is 39.0 Å². The van der Waals surface area contributed by atoms with Gasteiger partial charge in [-0.15, -0.1) is 0 Å². The summed E-state index contributed by atoms with van der Waals surface area (Å²) in [4.78, 5) is 82.9. The molecule has 2 N–H and O–H groups in total. The summed E-state index contributed by atoms with van der Waals surface area (Å²) in [5.41, 5.74) is 6.83. The number of cyclic esters (lactones) is 1. The lowest BCUT2D eigenvalue weighted by molar-refractivity contribution is -0.158. The number of likely N-dealkylation sites (tertiary alicyclic amines) is 2. The molecule has 0 unspecified atom stereocenters. The number of urea groups is 1. The molecule has 2 aromatic carbocycles. The van der Waals surface area contributed by atoms with E-state index in [-0.39, 0.29) is 59.5 Å². The van der Waals surface area contributed by atoms with Gasteiger partial charge >= 0.3 is 18.2 Å². The van der Waals surface area contributed by atoms with Crippen molar-refractivity contribution >= 4 is 50.9 Å². The fraction of sp³-hybridized carbons (Fsp3) is 0.544. The molecule has 4 aliphatic rings. The standard InChI is InChI=1S/C57H76F3N9O7Si/c1-36(2)48(65(8)53(74)66-26-21-55(22-27-66)32-67(33-55)46(70)17-12-24-64(6)7)50(71)62-44-29-38-14-10-15-39(28-38)40-18-19-45-42(30-40)43(31-54(4,5)35-76-52(73)56(77)20-13-25-69(63-56)51(44)72)49(68(45)34-57(58,59)60)41-16-11-23-61-47(41)37(3)75-9/h10-12,14-19,23,28,30,36-37,44,48,63H,13,20-22,24-27,29,31-35H2,1-9,77H3,(H,62,71)/b17-12+/t37-,44-,48-,56-/m0/s1. The first-order valence-corrected chi connectivity index (χ1v) is 27.8. The van der Waals surface area contributed by atoms with E-state index < -0.39 is 59.3 Å². The Balaban J connectivity index is 1.12. The molecule has 16 nitrogen and oxygen atoms in total. The van der Waals surface area contributed by atoms with Gasteiger partial charge in [0.25, 0.3) is 5.91 Å². The summed E-state index contributed by atoms with van der Waals surface area (Å²) in [6.07, 6.45) is 2.50. The SMILES string of the molecule is CO[C@@H](C)c1ncccc1-c1c2c3cc(ccc3n1CC(F)(F)F)-c1cccc(c1)C[C@H](NC(=O)[C@H](C(C)C)N(C)C(=O)N1CCC3(CC1)CN(C(=O)/C=C/CN(C)C)C3)C(=O)N1CCC[C@@]([SiH3])(N1)C(=O)OCC(C)(C)C2. The normalized spacial score (nSPS) is 21.8. The second kappa shape index (κ2) is 22.7. The third-order valence-corrected chi connectivity index (χ3v) is 17.0. The van der Waals surface area contributed by atoms with Crippen molar-refractivity contribution in [1.82, 2.24) is 44.9 Å². The van der Waals surface area contributed by atoms with Crippen LogP contribution in [0.25, 0.3) is 33.3 Å². The first-order chi connectivity index (χ1) is 36.3. The van der Waals surface area contributed by atoms with E-state index in [0.717, 1.165) is 18.4 Å². The molecule has 4 aromatic rings. The van der Waals surface area contributed by atoms with Gasteiger partial charge in [-0.3, -0.25) is 29.2 Å². The van der Waals surface area contributed by atoms with E-state index in [2.05, 4.69) is 15.7 Å². The monoisotopic (exact) mass is 1080 g/mol. The number of hydrogen-bond acceptors (Lipinski definition) is 10. The summed E-state index contributed by atoms with van der Waals surface area (Å²) in [7, 11) is 7.27. The van der Waals surface area contributed by atoms with Gasteiger partial charge in [-0.25, -0.2) is 10.2 Å². The van der Waals surface area contributed by atoms with Crippen molar-refractivity contribution < 1.29 is 46.6 Å². The molecular weight excluding hydrogens is 1010 g/mol. The van der Waals surface area contributed by atoms with Crippen molar-refractivity contribution in [2.24, 2.45) is 16.7 Å². The predicted molar refractivity (Wildman–Crippen MR) is 292 cm³/mol. The molecule has 416 valence electrons. The number of halogens is 3. The van der Waals surface area contributed by atoms with Crippen LogP contribution in [0.15, 0.2) is 72.9 Å². The first kappa shape index (κ1) is 57.1. The van der Waals surface area contributed by atoms with Crippen molar-refractivity contribution in [3.63, 3.8) is 0 Å². The number of likely N-dealkylation sites (N-methyl/N-ethyl adjacent to an activating group) is 2. The molecule has 2 aromatic heterocycles.